The van der Waals surface area contributed by atoms with Crippen molar-refractivity contribution in [1.29, 1.82) is 0 Å². The van der Waals surface area contributed by atoms with Gasteiger partial charge in [-0.25, -0.2) is 0 Å². The lowest BCUT2D eigenvalue weighted by molar-refractivity contribution is 0.104. The van der Waals surface area contributed by atoms with Crippen LogP contribution >= 0.6 is 23.2 Å². The zero-order valence-corrected chi connectivity index (χ0v) is 13.0. The summed E-state index contributed by atoms with van der Waals surface area (Å²) in [7, 11) is 0. The molecule has 0 fully saturated rings. The summed E-state index contributed by atoms with van der Waals surface area (Å²) in [4.78, 5) is 12.2. The minimum atomic E-state index is -0.122. The Labute approximate surface area is 138 Å². The van der Waals surface area contributed by atoms with Gasteiger partial charge in [-0.05, 0) is 42.0 Å². The molecule has 5 heteroatoms. The highest BCUT2D eigenvalue weighted by atomic mass is 35.5. The maximum Gasteiger partial charge on any atom is 0.185 e. The summed E-state index contributed by atoms with van der Waals surface area (Å²) in [6, 6.07) is 10.3. The van der Waals surface area contributed by atoms with Crippen molar-refractivity contribution in [2.45, 2.75) is 0 Å². The monoisotopic (exact) mass is 334 g/mol. The Balaban J connectivity index is 1.79. The van der Waals surface area contributed by atoms with Gasteiger partial charge < -0.3 is 9.47 Å². The molecule has 2 aromatic carbocycles. The lowest BCUT2D eigenvalue weighted by Crippen LogP contribution is -2.15. The van der Waals surface area contributed by atoms with Crippen LogP contribution in [-0.4, -0.2) is 19.0 Å². The largest absolute Gasteiger partial charge is 0.486 e. The first-order chi connectivity index (χ1) is 10.6. The fourth-order valence-electron chi connectivity index (χ4n) is 2.08. The van der Waals surface area contributed by atoms with Crippen LogP contribution in [0.25, 0.3) is 6.08 Å². The average Bonchev–Trinajstić information content (AvgIpc) is 2.55. The number of benzene rings is 2. The number of rotatable bonds is 3. The molecule has 0 bridgehead atoms. The van der Waals surface area contributed by atoms with Gasteiger partial charge in [-0.1, -0.05) is 35.3 Å². The number of hydrogen-bond donors (Lipinski definition) is 0. The fraction of sp³-hybridized carbons (Fsp3) is 0.118. The molecular formula is C17H12Cl2O3. The Morgan fingerprint density at radius 1 is 0.955 bits per heavy atom. The zero-order valence-electron chi connectivity index (χ0n) is 11.5. The Bertz CT molecular complexity index is 754. The van der Waals surface area contributed by atoms with E-state index in [4.69, 9.17) is 32.7 Å². The molecule has 0 spiro atoms. The number of halogens is 2. The van der Waals surface area contributed by atoms with E-state index in [0.717, 1.165) is 5.56 Å². The standard InChI is InChI=1S/C17H12Cl2O3/c18-13-4-1-11(9-14(13)19)2-5-15(20)12-3-6-16-17(10-12)22-8-7-21-16/h1-6,9-10H,7-8H2/b5-2+. The minimum Gasteiger partial charge on any atom is -0.486 e. The maximum atomic E-state index is 12.2. The predicted octanol–water partition coefficient (Wildman–Crippen LogP) is 4.66. The third-order valence-corrected chi connectivity index (χ3v) is 3.94. The Morgan fingerprint density at radius 3 is 2.50 bits per heavy atom. The molecule has 0 aliphatic carbocycles. The summed E-state index contributed by atoms with van der Waals surface area (Å²) in [5, 5.41) is 0.938. The van der Waals surface area contributed by atoms with Crippen molar-refractivity contribution in [3.8, 4) is 11.5 Å². The maximum absolute atomic E-state index is 12.2. The summed E-state index contributed by atoms with van der Waals surface area (Å²) < 4.78 is 10.9. The van der Waals surface area contributed by atoms with Gasteiger partial charge in [0.1, 0.15) is 13.2 Å². The van der Waals surface area contributed by atoms with Crippen LogP contribution in [-0.2, 0) is 0 Å². The number of fused-ring (bicyclic) bond motifs is 1. The fourth-order valence-corrected chi connectivity index (χ4v) is 2.39. The van der Waals surface area contributed by atoms with Gasteiger partial charge in [0.2, 0.25) is 0 Å². The van der Waals surface area contributed by atoms with E-state index in [1.807, 2.05) is 0 Å². The van der Waals surface area contributed by atoms with E-state index in [0.29, 0.717) is 40.3 Å². The van der Waals surface area contributed by atoms with Crippen molar-refractivity contribution in [2.24, 2.45) is 0 Å². The second kappa shape index (κ2) is 6.42. The minimum absolute atomic E-state index is 0.122. The first-order valence-corrected chi connectivity index (χ1v) is 7.46. The van der Waals surface area contributed by atoms with Crippen molar-refractivity contribution in [2.75, 3.05) is 13.2 Å². The second-order valence-corrected chi connectivity index (χ2v) is 5.54. The predicted molar refractivity (Wildman–Crippen MR) is 87.3 cm³/mol. The molecule has 3 rings (SSSR count). The van der Waals surface area contributed by atoms with E-state index in [1.165, 1.54) is 6.08 Å². The van der Waals surface area contributed by atoms with Gasteiger partial charge in [-0.3, -0.25) is 4.79 Å². The Morgan fingerprint density at radius 2 is 1.73 bits per heavy atom. The molecule has 0 amide bonds. The molecule has 112 valence electrons. The Hall–Kier alpha value is -1.97. The highest BCUT2D eigenvalue weighted by Crippen LogP contribution is 2.31. The van der Waals surface area contributed by atoms with Gasteiger partial charge in [-0.2, -0.15) is 0 Å². The van der Waals surface area contributed by atoms with Gasteiger partial charge in [0.25, 0.3) is 0 Å². The smallest absolute Gasteiger partial charge is 0.185 e. The molecule has 2 aromatic rings. The molecule has 0 saturated carbocycles. The van der Waals surface area contributed by atoms with Crippen molar-refractivity contribution < 1.29 is 14.3 Å². The molecule has 0 aromatic heterocycles. The summed E-state index contributed by atoms with van der Waals surface area (Å²) in [6.07, 6.45) is 3.19. The van der Waals surface area contributed by atoms with Crippen LogP contribution in [0.3, 0.4) is 0 Å². The van der Waals surface area contributed by atoms with Crippen molar-refractivity contribution in [3.63, 3.8) is 0 Å². The van der Waals surface area contributed by atoms with Crippen LogP contribution in [0.15, 0.2) is 42.5 Å². The van der Waals surface area contributed by atoms with Gasteiger partial charge in [-0.15, -0.1) is 0 Å². The summed E-state index contributed by atoms with van der Waals surface area (Å²) in [6.45, 7) is 1.02. The second-order valence-electron chi connectivity index (χ2n) is 4.73. The topological polar surface area (TPSA) is 35.5 Å². The highest BCUT2D eigenvalue weighted by molar-refractivity contribution is 6.42. The molecule has 1 heterocycles. The normalized spacial score (nSPS) is 13.4. The number of hydrogen-bond acceptors (Lipinski definition) is 3. The number of ketones is 1. The van der Waals surface area contributed by atoms with Crippen molar-refractivity contribution in [3.05, 3.63) is 63.6 Å². The molecular weight excluding hydrogens is 323 g/mol. The zero-order chi connectivity index (χ0) is 15.5. The molecule has 0 unspecified atom stereocenters. The molecule has 0 N–H and O–H groups in total. The number of carbonyl (C=O) groups excluding carboxylic acids is 1. The van der Waals surface area contributed by atoms with Gasteiger partial charge >= 0.3 is 0 Å². The molecule has 3 nitrogen and oxygen atoms in total. The van der Waals surface area contributed by atoms with E-state index < -0.39 is 0 Å². The van der Waals surface area contributed by atoms with E-state index in [-0.39, 0.29) is 5.78 Å². The lowest BCUT2D eigenvalue weighted by Gasteiger charge is -2.18. The third kappa shape index (κ3) is 3.26. The highest BCUT2D eigenvalue weighted by Gasteiger charge is 2.13. The lowest BCUT2D eigenvalue weighted by atomic mass is 10.1. The van der Waals surface area contributed by atoms with Crippen LogP contribution in [0.1, 0.15) is 15.9 Å². The van der Waals surface area contributed by atoms with Gasteiger partial charge in [0.05, 0.1) is 10.0 Å². The summed E-state index contributed by atoms with van der Waals surface area (Å²) in [5.41, 5.74) is 1.35. The molecule has 22 heavy (non-hydrogen) atoms. The number of allylic oxidation sites excluding steroid dienone is 1. The average molecular weight is 335 g/mol. The molecule has 1 aliphatic heterocycles. The van der Waals surface area contributed by atoms with E-state index >= 15 is 0 Å². The van der Waals surface area contributed by atoms with Crippen LogP contribution in [0, 0.1) is 0 Å². The first kappa shape index (κ1) is 14.9. The van der Waals surface area contributed by atoms with Crippen LogP contribution in [0.4, 0.5) is 0 Å². The Kier molecular flexibility index (Phi) is 4.36. The third-order valence-electron chi connectivity index (χ3n) is 3.20. The van der Waals surface area contributed by atoms with Crippen molar-refractivity contribution >= 4 is 35.1 Å². The first-order valence-electron chi connectivity index (χ1n) is 6.70. The molecule has 0 atom stereocenters. The summed E-state index contributed by atoms with van der Waals surface area (Å²) >= 11 is 11.8. The van der Waals surface area contributed by atoms with Crippen LogP contribution < -0.4 is 9.47 Å². The molecule has 1 aliphatic rings. The molecule has 0 saturated heterocycles. The number of carbonyl (C=O) groups is 1. The van der Waals surface area contributed by atoms with Gasteiger partial charge in [0.15, 0.2) is 17.3 Å². The van der Waals surface area contributed by atoms with Crippen LogP contribution in [0.2, 0.25) is 10.0 Å². The van der Waals surface area contributed by atoms with Crippen LogP contribution in [0.5, 0.6) is 11.5 Å². The molecule has 0 radical (unpaired) electrons. The van der Waals surface area contributed by atoms with E-state index in [2.05, 4.69) is 0 Å². The van der Waals surface area contributed by atoms with Gasteiger partial charge in [0, 0.05) is 5.56 Å². The van der Waals surface area contributed by atoms with E-state index in [1.54, 1.807) is 42.5 Å². The van der Waals surface area contributed by atoms with Crippen molar-refractivity contribution in [1.82, 2.24) is 0 Å². The summed E-state index contributed by atoms with van der Waals surface area (Å²) in [5.74, 6) is 1.14. The number of ether oxygens (including phenoxy) is 2. The SMILES string of the molecule is O=C(/C=C/c1ccc(Cl)c(Cl)c1)c1ccc2c(c1)OCCO2. The quantitative estimate of drug-likeness (QED) is 0.604. The van der Waals surface area contributed by atoms with E-state index in [9.17, 15) is 4.79 Å².